The second kappa shape index (κ2) is 7.37. The molecule has 0 saturated heterocycles. The molecule has 0 heterocycles. The molecule has 1 aromatic rings. The fourth-order valence-corrected chi connectivity index (χ4v) is 1.62. The summed E-state index contributed by atoms with van der Waals surface area (Å²) in [6, 6.07) is 5.72. The molecule has 6 heteroatoms. The molecule has 0 radical (unpaired) electrons. The van der Waals surface area contributed by atoms with Gasteiger partial charge in [-0.15, -0.1) is 0 Å². The van der Waals surface area contributed by atoms with E-state index in [-0.39, 0.29) is 12.4 Å². The minimum absolute atomic E-state index is 0.254. The van der Waals surface area contributed by atoms with Crippen molar-refractivity contribution >= 4 is 17.7 Å². The Kier molecular flexibility index (Phi) is 5.83. The van der Waals surface area contributed by atoms with Gasteiger partial charge in [0.15, 0.2) is 0 Å². The van der Waals surface area contributed by atoms with E-state index in [1.54, 1.807) is 19.1 Å². The molecular formula is C14H16FNO4. The Hall–Kier alpha value is -2.24. The van der Waals surface area contributed by atoms with Crippen LogP contribution in [-0.4, -0.2) is 36.2 Å². The van der Waals surface area contributed by atoms with Crippen LogP contribution in [0, 0.1) is 5.82 Å². The summed E-state index contributed by atoms with van der Waals surface area (Å²) in [4.78, 5) is 35.6. The van der Waals surface area contributed by atoms with Crippen LogP contribution in [0.3, 0.4) is 0 Å². The Balaban J connectivity index is 2.66. The van der Waals surface area contributed by atoms with Gasteiger partial charge >= 0.3 is 5.97 Å². The minimum Gasteiger partial charge on any atom is -0.463 e. The van der Waals surface area contributed by atoms with E-state index < -0.39 is 24.1 Å². The Morgan fingerprint density at radius 3 is 2.30 bits per heavy atom. The van der Waals surface area contributed by atoms with Crippen molar-refractivity contribution in [2.24, 2.45) is 0 Å². The smallest absolute Gasteiger partial charge is 0.374 e. The molecule has 0 N–H and O–H groups in total. The summed E-state index contributed by atoms with van der Waals surface area (Å²) in [7, 11) is 1.08. The monoisotopic (exact) mass is 281 g/mol. The van der Waals surface area contributed by atoms with E-state index in [0.717, 1.165) is 12.7 Å². The van der Waals surface area contributed by atoms with Crippen molar-refractivity contribution < 1.29 is 23.5 Å². The molecule has 0 aromatic heterocycles. The Bertz CT molecular complexity index is 498. The lowest BCUT2D eigenvalue weighted by molar-refractivity contribution is -0.153. The van der Waals surface area contributed by atoms with Crippen molar-refractivity contribution in [2.75, 3.05) is 13.7 Å². The molecule has 108 valence electrons. The largest absolute Gasteiger partial charge is 0.463 e. The van der Waals surface area contributed by atoms with Gasteiger partial charge in [0.2, 0.25) is 11.7 Å². The summed E-state index contributed by atoms with van der Waals surface area (Å²) >= 11 is 0. The second-order valence-corrected chi connectivity index (χ2v) is 4.13. The number of amides is 1. The molecule has 5 nitrogen and oxygen atoms in total. The number of halogens is 1. The van der Waals surface area contributed by atoms with E-state index in [1.165, 1.54) is 17.0 Å². The quantitative estimate of drug-likeness (QED) is 0.448. The molecule has 0 bridgehead atoms. The van der Waals surface area contributed by atoms with Gasteiger partial charge in [-0.25, -0.2) is 9.18 Å². The number of methoxy groups -OCH3 is 1. The summed E-state index contributed by atoms with van der Waals surface area (Å²) in [6.45, 7) is 2.39. The van der Waals surface area contributed by atoms with Gasteiger partial charge in [-0.1, -0.05) is 12.1 Å². The van der Waals surface area contributed by atoms with Gasteiger partial charge in [0.25, 0.3) is 0 Å². The maximum atomic E-state index is 12.8. The molecule has 0 saturated carbocycles. The predicted molar refractivity (Wildman–Crippen MR) is 69.1 cm³/mol. The number of hydrogen-bond acceptors (Lipinski definition) is 4. The molecule has 0 aliphatic rings. The van der Waals surface area contributed by atoms with Crippen LogP contribution in [0.5, 0.6) is 0 Å². The van der Waals surface area contributed by atoms with Crippen LogP contribution in [0.4, 0.5) is 4.39 Å². The van der Waals surface area contributed by atoms with Gasteiger partial charge < -0.3 is 9.64 Å². The van der Waals surface area contributed by atoms with E-state index in [0.29, 0.717) is 6.54 Å². The van der Waals surface area contributed by atoms with Crippen molar-refractivity contribution in [3.8, 4) is 0 Å². The molecule has 20 heavy (non-hydrogen) atoms. The van der Waals surface area contributed by atoms with E-state index in [2.05, 4.69) is 4.74 Å². The lowest BCUT2D eigenvalue weighted by atomic mass is 10.2. The van der Waals surface area contributed by atoms with E-state index in [1.807, 2.05) is 0 Å². The third-order valence-electron chi connectivity index (χ3n) is 2.75. The van der Waals surface area contributed by atoms with Gasteiger partial charge in [0.1, 0.15) is 5.82 Å². The predicted octanol–water partition coefficient (Wildman–Crippen LogP) is 1.31. The highest BCUT2D eigenvalue weighted by atomic mass is 19.1. The second-order valence-electron chi connectivity index (χ2n) is 4.13. The molecule has 1 aromatic carbocycles. The summed E-state index contributed by atoms with van der Waals surface area (Å²) in [5.41, 5.74) is 0.743. The molecule has 0 unspecified atom stereocenters. The zero-order valence-electron chi connectivity index (χ0n) is 11.4. The Morgan fingerprint density at radius 2 is 1.80 bits per heavy atom. The molecule has 1 amide bonds. The van der Waals surface area contributed by atoms with Crippen molar-refractivity contribution in [1.29, 1.82) is 0 Å². The van der Waals surface area contributed by atoms with Crippen LogP contribution >= 0.6 is 0 Å². The van der Waals surface area contributed by atoms with Crippen molar-refractivity contribution in [3.05, 3.63) is 35.6 Å². The molecule has 0 fully saturated rings. The van der Waals surface area contributed by atoms with Crippen LogP contribution in [0.15, 0.2) is 24.3 Å². The fraction of sp³-hybridized carbons (Fsp3) is 0.357. The standard InChI is InChI=1S/C14H16FNO4/c1-3-16(9-10-4-6-11(15)7-5-10)13(18)8-12(17)14(19)20-2/h4-7H,3,8-9H2,1-2H3. The number of ether oxygens (including phenoxy) is 1. The van der Waals surface area contributed by atoms with Crippen molar-refractivity contribution in [3.63, 3.8) is 0 Å². The van der Waals surface area contributed by atoms with Gasteiger partial charge in [-0.2, -0.15) is 0 Å². The summed E-state index contributed by atoms with van der Waals surface area (Å²) in [6.07, 6.45) is -0.526. The fourth-order valence-electron chi connectivity index (χ4n) is 1.62. The first-order valence-corrected chi connectivity index (χ1v) is 6.11. The maximum absolute atomic E-state index is 12.8. The summed E-state index contributed by atoms with van der Waals surface area (Å²) < 4.78 is 17.0. The number of esters is 1. The van der Waals surface area contributed by atoms with Gasteiger partial charge in [0, 0.05) is 13.1 Å². The number of Topliss-reactive ketones (excluding diaryl/α,β-unsaturated/α-hetero) is 1. The normalized spacial score (nSPS) is 9.95. The molecule has 0 atom stereocenters. The lowest BCUT2D eigenvalue weighted by Gasteiger charge is -2.20. The van der Waals surface area contributed by atoms with Crippen LogP contribution in [0.25, 0.3) is 0 Å². The van der Waals surface area contributed by atoms with Crippen LogP contribution < -0.4 is 0 Å². The number of benzene rings is 1. The topological polar surface area (TPSA) is 63.7 Å². The van der Waals surface area contributed by atoms with E-state index in [4.69, 9.17) is 0 Å². The lowest BCUT2D eigenvalue weighted by Crippen LogP contribution is -2.33. The van der Waals surface area contributed by atoms with Gasteiger partial charge in [-0.3, -0.25) is 9.59 Å². The first kappa shape index (κ1) is 15.8. The molecule has 1 rings (SSSR count). The summed E-state index contributed by atoms with van der Waals surface area (Å²) in [5, 5.41) is 0. The maximum Gasteiger partial charge on any atom is 0.374 e. The zero-order valence-corrected chi connectivity index (χ0v) is 11.4. The average molecular weight is 281 g/mol. The van der Waals surface area contributed by atoms with Gasteiger partial charge in [0.05, 0.1) is 13.5 Å². The van der Waals surface area contributed by atoms with Gasteiger partial charge in [-0.05, 0) is 24.6 Å². The Morgan fingerprint density at radius 1 is 1.20 bits per heavy atom. The highest BCUT2D eigenvalue weighted by Crippen LogP contribution is 2.08. The molecule has 0 aliphatic carbocycles. The van der Waals surface area contributed by atoms with Crippen LogP contribution in [0.2, 0.25) is 0 Å². The first-order valence-electron chi connectivity index (χ1n) is 6.11. The minimum atomic E-state index is -1.03. The van der Waals surface area contributed by atoms with Crippen molar-refractivity contribution in [2.45, 2.75) is 19.9 Å². The van der Waals surface area contributed by atoms with E-state index >= 15 is 0 Å². The Labute approximate surface area is 116 Å². The number of hydrogen-bond donors (Lipinski definition) is 0. The highest BCUT2D eigenvalue weighted by Gasteiger charge is 2.21. The third kappa shape index (κ3) is 4.46. The molecule has 0 aliphatic heterocycles. The number of rotatable bonds is 6. The SMILES string of the molecule is CCN(Cc1ccc(F)cc1)C(=O)CC(=O)C(=O)OC. The molecular weight excluding hydrogens is 265 g/mol. The zero-order chi connectivity index (χ0) is 15.1. The summed E-state index contributed by atoms with van der Waals surface area (Å²) in [5.74, 6) is -2.73. The number of ketones is 1. The van der Waals surface area contributed by atoms with Crippen LogP contribution in [0.1, 0.15) is 18.9 Å². The van der Waals surface area contributed by atoms with E-state index in [9.17, 15) is 18.8 Å². The molecule has 0 spiro atoms. The average Bonchev–Trinajstić information content (AvgIpc) is 2.45. The third-order valence-corrected chi connectivity index (χ3v) is 2.75. The number of nitrogens with zero attached hydrogens (tertiary/aromatic N) is 1. The van der Waals surface area contributed by atoms with Crippen molar-refractivity contribution in [1.82, 2.24) is 4.90 Å². The number of carbonyl (C=O) groups is 3. The highest BCUT2D eigenvalue weighted by molar-refractivity contribution is 6.36. The number of carbonyl (C=O) groups excluding carboxylic acids is 3. The first-order chi connectivity index (χ1) is 9.47. The van der Waals surface area contributed by atoms with Crippen LogP contribution in [-0.2, 0) is 25.7 Å².